The van der Waals surface area contributed by atoms with Crippen LogP contribution in [0.25, 0.3) is 0 Å². The third-order valence-electron chi connectivity index (χ3n) is 1.84. The van der Waals surface area contributed by atoms with Crippen molar-refractivity contribution in [2.45, 2.75) is 26.2 Å². The Balaban J connectivity index is 2.91. The molecule has 0 aliphatic carbocycles. The van der Waals surface area contributed by atoms with E-state index in [-0.39, 0.29) is 5.41 Å². The fraction of sp³-hybridized carbons (Fsp3) is 0.500. The summed E-state index contributed by atoms with van der Waals surface area (Å²) in [6, 6.07) is 3.54. The molecular weight excluding hydrogens is 212 g/mol. The second-order valence-corrected chi connectivity index (χ2v) is 6.30. The number of sulfonamides is 1. The van der Waals surface area contributed by atoms with E-state index >= 15 is 0 Å². The summed E-state index contributed by atoms with van der Waals surface area (Å²) < 4.78 is 24.3. The molecule has 1 N–H and O–H groups in total. The van der Waals surface area contributed by atoms with Crippen molar-refractivity contribution < 1.29 is 8.42 Å². The molecule has 0 aliphatic rings. The number of nitrogens with zero attached hydrogens (tertiary/aromatic N) is 1. The van der Waals surface area contributed by atoms with Crippen molar-refractivity contribution in [2.75, 3.05) is 11.0 Å². The van der Waals surface area contributed by atoms with Crippen LogP contribution < -0.4 is 4.72 Å². The van der Waals surface area contributed by atoms with Gasteiger partial charge in [0.1, 0.15) is 0 Å². The number of hydrogen-bond acceptors (Lipinski definition) is 3. The van der Waals surface area contributed by atoms with Gasteiger partial charge in [0.05, 0.1) is 18.1 Å². The van der Waals surface area contributed by atoms with Crippen LogP contribution in [0.1, 0.15) is 26.5 Å². The number of aromatic nitrogens is 1. The topological polar surface area (TPSA) is 59.1 Å². The SMILES string of the molecule is CC(C)(C)c1ccc(NS(C)(=O)=O)cn1. The Kier molecular flexibility index (Phi) is 3.04. The molecule has 0 amide bonds. The number of anilines is 1. The number of hydrogen-bond donors (Lipinski definition) is 1. The summed E-state index contributed by atoms with van der Waals surface area (Å²) >= 11 is 0. The predicted octanol–water partition coefficient (Wildman–Crippen LogP) is 1.75. The molecule has 0 bridgehead atoms. The molecule has 0 saturated carbocycles. The van der Waals surface area contributed by atoms with Gasteiger partial charge in [-0.25, -0.2) is 8.42 Å². The highest BCUT2D eigenvalue weighted by Crippen LogP contribution is 2.20. The summed E-state index contributed by atoms with van der Waals surface area (Å²) in [7, 11) is -3.22. The summed E-state index contributed by atoms with van der Waals surface area (Å²) in [5.74, 6) is 0. The zero-order valence-corrected chi connectivity index (χ0v) is 10.2. The zero-order valence-electron chi connectivity index (χ0n) is 9.40. The Morgan fingerprint density at radius 1 is 1.27 bits per heavy atom. The van der Waals surface area contributed by atoms with Crippen LogP contribution in [0.4, 0.5) is 5.69 Å². The summed E-state index contributed by atoms with van der Waals surface area (Å²) in [4.78, 5) is 4.21. The van der Waals surface area contributed by atoms with E-state index in [0.717, 1.165) is 11.9 Å². The third-order valence-corrected chi connectivity index (χ3v) is 2.44. The first-order valence-corrected chi connectivity index (χ1v) is 6.52. The van der Waals surface area contributed by atoms with Gasteiger partial charge in [-0.2, -0.15) is 0 Å². The minimum Gasteiger partial charge on any atom is -0.282 e. The molecular formula is C10H16N2O2S. The summed E-state index contributed by atoms with van der Waals surface area (Å²) in [5, 5.41) is 0. The van der Waals surface area contributed by atoms with E-state index in [1.54, 1.807) is 6.07 Å². The monoisotopic (exact) mass is 228 g/mol. The van der Waals surface area contributed by atoms with E-state index in [4.69, 9.17) is 0 Å². The van der Waals surface area contributed by atoms with Gasteiger partial charge in [-0.1, -0.05) is 20.8 Å². The normalized spacial score (nSPS) is 12.5. The van der Waals surface area contributed by atoms with Gasteiger partial charge in [-0.15, -0.1) is 0 Å². The Labute approximate surface area is 90.8 Å². The molecule has 1 rings (SSSR count). The number of pyridine rings is 1. The Hall–Kier alpha value is -1.10. The fourth-order valence-corrected chi connectivity index (χ4v) is 1.66. The van der Waals surface area contributed by atoms with Crippen molar-refractivity contribution in [1.29, 1.82) is 0 Å². The van der Waals surface area contributed by atoms with Crippen molar-refractivity contribution in [2.24, 2.45) is 0 Å². The van der Waals surface area contributed by atoms with Crippen LogP contribution in [0, 0.1) is 0 Å². The van der Waals surface area contributed by atoms with Crippen molar-refractivity contribution in [3.8, 4) is 0 Å². The molecule has 0 aliphatic heterocycles. The maximum atomic E-state index is 10.9. The van der Waals surface area contributed by atoms with E-state index in [9.17, 15) is 8.42 Å². The zero-order chi connectivity index (χ0) is 11.7. The van der Waals surface area contributed by atoms with Crippen LogP contribution in [0.5, 0.6) is 0 Å². The minimum absolute atomic E-state index is 0.0242. The first-order valence-electron chi connectivity index (χ1n) is 4.63. The van der Waals surface area contributed by atoms with Crippen molar-refractivity contribution in [1.82, 2.24) is 4.98 Å². The third kappa shape index (κ3) is 3.87. The Morgan fingerprint density at radius 2 is 1.87 bits per heavy atom. The molecule has 1 aromatic heterocycles. The van der Waals surface area contributed by atoms with E-state index in [0.29, 0.717) is 5.69 Å². The van der Waals surface area contributed by atoms with Gasteiger partial charge in [0.25, 0.3) is 0 Å². The first-order chi connectivity index (χ1) is 6.68. The lowest BCUT2D eigenvalue weighted by Gasteiger charge is -2.17. The maximum absolute atomic E-state index is 10.9. The van der Waals surface area contributed by atoms with Crippen LogP contribution in [0.15, 0.2) is 18.3 Å². The number of rotatable bonds is 2. The lowest BCUT2D eigenvalue weighted by atomic mass is 9.92. The van der Waals surface area contributed by atoms with Gasteiger partial charge in [0.15, 0.2) is 0 Å². The van der Waals surface area contributed by atoms with Crippen molar-refractivity contribution in [3.05, 3.63) is 24.0 Å². The lowest BCUT2D eigenvalue weighted by molar-refractivity contribution is 0.569. The molecule has 0 atom stereocenters. The lowest BCUT2D eigenvalue weighted by Crippen LogP contribution is -2.14. The predicted molar refractivity (Wildman–Crippen MR) is 61.4 cm³/mol. The van der Waals surface area contributed by atoms with E-state index < -0.39 is 10.0 Å². The standard InChI is InChI=1S/C10H16N2O2S/c1-10(2,3)9-6-5-8(7-11-9)12-15(4,13)14/h5-7,12H,1-4H3. The van der Waals surface area contributed by atoms with Gasteiger partial charge in [0.2, 0.25) is 10.0 Å². The molecule has 0 fully saturated rings. The average Bonchev–Trinajstić information content (AvgIpc) is 2.00. The molecule has 1 heterocycles. The number of nitrogens with one attached hydrogen (secondary N) is 1. The smallest absolute Gasteiger partial charge is 0.229 e. The van der Waals surface area contributed by atoms with E-state index in [1.165, 1.54) is 6.20 Å². The Morgan fingerprint density at radius 3 is 2.20 bits per heavy atom. The fourth-order valence-electron chi connectivity index (χ4n) is 1.11. The molecule has 0 radical (unpaired) electrons. The molecule has 0 aromatic carbocycles. The molecule has 4 nitrogen and oxygen atoms in total. The maximum Gasteiger partial charge on any atom is 0.229 e. The van der Waals surface area contributed by atoms with Gasteiger partial charge < -0.3 is 0 Å². The second kappa shape index (κ2) is 3.81. The van der Waals surface area contributed by atoms with Crippen molar-refractivity contribution in [3.63, 3.8) is 0 Å². The highest BCUT2D eigenvalue weighted by atomic mass is 32.2. The molecule has 15 heavy (non-hydrogen) atoms. The summed E-state index contributed by atoms with van der Waals surface area (Å²) in [6.07, 6.45) is 2.65. The second-order valence-electron chi connectivity index (χ2n) is 4.56. The summed E-state index contributed by atoms with van der Waals surface area (Å²) in [6.45, 7) is 6.16. The average molecular weight is 228 g/mol. The molecule has 5 heteroatoms. The van der Waals surface area contributed by atoms with E-state index in [2.05, 4.69) is 30.5 Å². The van der Waals surface area contributed by atoms with Crippen LogP contribution >= 0.6 is 0 Å². The van der Waals surface area contributed by atoms with Crippen LogP contribution in [-0.2, 0) is 15.4 Å². The summed E-state index contributed by atoms with van der Waals surface area (Å²) in [5.41, 5.74) is 1.40. The van der Waals surface area contributed by atoms with Crippen LogP contribution in [-0.4, -0.2) is 19.7 Å². The molecule has 0 saturated heterocycles. The van der Waals surface area contributed by atoms with Gasteiger partial charge in [-0.05, 0) is 12.1 Å². The van der Waals surface area contributed by atoms with Gasteiger partial charge >= 0.3 is 0 Å². The van der Waals surface area contributed by atoms with Gasteiger partial charge in [-0.3, -0.25) is 9.71 Å². The Bertz CT molecular complexity index is 429. The molecule has 84 valence electrons. The minimum atomic E-state index is -3.22. The quantitative estimate of drug-likeness (QED) is 0.839. The van der Waals surface area contributed by atoms with Crippen molar-refractivity contribution >= 4 is 15.7 Å². The highest BCUT2D eigenvalue weighted by molar-refractivity contribution is 7.92. The molecule has 0 unspecified atom stereocenters. The van der Waals surface area contributed by atoms with E-state index in [1.807, 2.05) is 6.07 Å². The molecule has 1 aromatic rings. The van der Waals surface area contributed by atoms with Crippen LogP contribution in [0.3, 0.4) is 0 Å². The van der Waals surface area contributed by atoms with Crippen LogP contribution in [0.2, 0.25) is 0 Å². The first kappa shape index (κ1) is 12.0. The molecule has 0 spiro atoms. The highest BCUT2D eigenvalue weighted by Gasteiger charge is 2.14. The van der Waals surface area contributed by atoms with Gasteiger partial charge in [0, 0.05) is 11.1 Å². The largest absolute Gasteiger partial charge is 0.282 e.